The highest BCUT2D eigenvalue weighted by molar-refractivity contribution is 6.30. The van der Waals surface area contributed by atoms with Crippen molar-refractivity contribution in [3.05, 3.63) is 72.8 Å². The Morgan fingerprint density at radius 1 is 1.04 bits per heavy atom. The lowest BCUT2D eigenvalue weighted by atomic mass is 10.1. The summed E-state index contributed by atoms with van der Waals surface area (Å²) in [6.45, 7) is 0. The fraction of sp³-hybridized carbons (Fsp3) is 0.0714. The van der Waals surface area contributed by atoms with Gasteiger partial charge in [0.05, 0.1) is 21.6 Å². The van der Waals surface area contributed by atoms with Crippen molar-refractivity contribution in [1.29, 1.82) is 0 Å². The first-order valence-electron chi connectivity index (χ1n) is 6.68. The molecule has 0 atom stereocenters. The van der Waals surface area contributed by atoms with Gasteiger partial charge in [-0.25, -0.2) is 0 Å². The van der Waals surface area contributed by atoms with Crippen LogP contribution in [0.2, 0.25) is 5.02 Å². The molecule has 26 heavy (non-hydrogen) atoms. The van der Waals surface area contributed by atoms with Gasteiger partial charge in [-0.2, -0.15) is 18.3 Å². The minimum Gasteiger partial charge on any atom is -0.266 e. The Hall–Kier alpha value is -3.21. The highest BCUT2D eigenvalue weighted by Gasteiger charge is 2.37. The number of nitro groups is 2. The minimum atomic E-state index is -4.99. The van der Waals surface area contributed by atoms with Gasteiger partial charge in [0.15, 0.2) is 0 Å². The Balaban J connectivity index is 2.46. The normalized spacial score (nSPS) is 11.5. The number of nitro benzene ring substituents is 2. The van der Waals surface area contributed by atoms with Crippen LogP contribution in [-0.4, -0.2) is 16.1 Å². The molecule has 0 bridgehead atoms. The first-order valence-corrected chi connectivity index (χ1v) is 7.06. The van der Waals surface area contributed by atoms with Crippen molar-refractivity contribution in [2.75, 3.05) is 5.43 Å². The molecule has 0 amide bonds. The van der Waals surface area contributed by atoms with Crippen molar-refractivity contribution in [1.82, 2.24) is 0 Å². The molecule has 8 nitrogen and oxygen atoms in total. The standard InChI is InChI=1S/C14H8ClF3N4O4/c15-10-3-1-8(2-4-10)7-19-20-13-11(21(23)24)5-9(14(16,17)18)6-12(13)22(25)26/h1-7,20H. The zero-order chi connectivity index (χ0) is 19.5. The summed E-state index contributed by atoms with van der Waals surface area (Å²) in [5.41, 5.74) is -1.96. The third kappa shape index (κ3) is 4.45. The molecule has 0 aliphatic heterocycles. The molecule has 0 fully saturated rings. The highest BCUT2D eigenvalue weighted by Crippen LogP contribution is 2.41. The zero-order valence-electron chi connectivity index (χ0n) is 12.5. The number of halogens is 4. The van der Waals surface area contributed by atoms with E-state index in [1.165, 1.54) is 18.3 Å². The van der Waals surface area contributed by atoms with E-state index in [0.717, 1.165) is 0 Å². The smallest absolute Gasteiger partial charge is 0.266 e. The number of rotatable bonds is 5. The van der Waals surface area contributed by atoms with E-state index in [4.69, 9.17) is 11.6 Å². The van der Waals surface area contributed by atoms with Crippen molar-refractivity contribution in [2.45, 2.75) is 6.18 Å². The highest BCUT2D eigenvalue weighted by atomic mass is 35.5. The van der Waals surface area contributed by atoms with Crippen LogP contribution in [0.15, 0.2) is 41.5 Å². The van der Waals surface area contributed by atoms with Gasteiger partial charge in [0.1, 0.15) is 0 Å². The van der Waals surface area contributed by atoms with Crippen LogP contribution in [0.25, 0.3) is 0 Å². The van der Waals surface area contributed by atoms with E-state index in [1.807, 2.05) is 0 Å². The van der Waals surface area contributed by atoms with Gasteiger partial charge in [-0.1, -0.05) is 23.7 Å². The van der Waals surface area contributed by atoms with E-state index in [1.54, 1.807) is 12.1 Å². The summed E-state index contributed by atoms with van der Waals surface area (Å²) in [5.74, 6) is 0. The monoisotopic (exact) mass is 388 g/mol. The molecule has 2 aromatic carbocycles. The second-order valence-corrected chi connectivity index (χ2v) is 5.26. The number of alkyl halides is 3. The Labute approximate surface area is 148 Å². The van der Waals surface area contributed by atoms with Crippen molar-refractivity contribution in [3.63, 3.8) is 0 Å². The first kappa shape index (κ1) is 19.1. The van der Waals surface area contributed by atoms with Gasteiger partial charge in [0, 0.05) is 17.2 Å². The number of hydrogen-bond acceptors (Lipinski definition) is 6. The first-order chi connectivity index (χ1) is 12.1. The van der Waals surface area contributed by atoms with Crippen LogP contribution < -0.4 is 5.43 Å². The molecule has 12 heteroatoms. The lowest BCUT2D eigenvalue weighted by Crippen LogP contribution is -2.09. The Kier molecular flexibility index (Phi) is 5.41. The molecule has 0 saturated heterocycles. The molecule has 2 aromatic rings. The van der Waals surface area contributed by atoms with Gasteiger partial charge in [-0.3, -0.25) is 25.7 Å². The lowest BCUT2D eigenvalue weighted by molar-refractivity contribution is -0.392. The molecule has 0 aliphatic rings. The van der Waals surface area contributed by atoms with Crippen molar-refractivity contribution in [2.24, 2.45) is 5.10 Å². The number of hydrogen-bond donors (Lipinski definition) is 1. The zero-order valence-corrected chi connectivity index (χ0v) is 13.3. The van der Waals surface area contributed by atoms with Crippen LogP contribution in [0.4, 0.5) is 30.2 Å². The molecule has 0 spiro atoms. The summed E-state index contributed by atoms with van der Waals surface area (Å²) < 4.78 is 38.4. The SMILES string of the molecule is O=[N+]([O-])c1cc(C(F)(F)F)cc([N+](=O)[O-])c1NN=Cc1ccc(Cl)cc1. The number of benzene rings is 2. The maximum Gasteiger partial charge on any atom is 0.416 e. The Morgan fingerprint density at radius 3 is 1.96 bits per heavy atom. The molecule has 0 unspecified atom stereocenters. The molecule has 2 rings (SSSR count). The van der Waals surface area contributed by atoms with Crippen LogP contribution in [0.3, 0.4) is 0 Å². The van der Waals surface area contributed by atoms with Gasteiger partial charge >= 0.3 is 17.6 Å². The van der Waals surface area contributed by atoms with Crippen LogP contribution in [-0.2, 0) is 6.18 Å². The molecule has 0 heterocycles. The van der Waals surface area contributed by atoms with Crippen LogP contribution in [0.5, 0.6) is 0 Å². The van der Waals surface area contributed by atoms with Crippen molar-refractivity contribution >= 4 is 34.9 Å². The maximum atomic E-state index is 12.8. The Morgan fingerprint density at radius 2 is 1.54 bits per heavy atom. The topological polar surface area (TPSA) is 111 Å². The molecule has 0 aliphatic carbocycles. The van der Waals surface area contributed by atoms with Crippen molar-refractivity contribution in [3.8, 4) is 0 Å². The number of nitrogens with zero attached hydrogens (tertiary/aromatic N) is 3. The number of hydrazone groups is 1. The van der Waals surface area contributed by atoms with Gasteiger partial charge in [-0.05, 0) is 17.7 Å². The summed E-state index contributed by atoms with van der Waals surface area (Å²) in [4.78, 5) is 19.8. The average molecular weight is 389 g/mol. The van der Waals surface area contributed by atoms with E-state index in [-0.39, 0.29) is 12.1 Å². The molecule has 0 radical (unpaired) electrons. The van der Waals surface area contributed by atoms with E-state index in [0.29, 0.717) is 10.6 Å². The predicted octanol–water partition coefficient (Wildman–Crippen LogP) is 4.62. The fourth-order valence-corrected chi connectivity index (χ4v) is 2.02. The largest absolute Gasteiger partial charge is 0.416 e. The quantitative estimate of drug-likeness (QED) is 0.456. The molecular formula is C14H8ClF3N4O4. The molecule has 136 valence electrons. The summed E-state index contributed by atoms with van der Waals surface area (Å²) in [7, 11) is 0. The number of anilines is 1. The summed E-state index contributed by atoms with van der Waals surface area (Å²) in [6.07, 6.45) is -3.82. The van der Waals surface area contributed by atoms with E-state index >= 15 is 0 Å². The fourth-order valence-electron chi connectivity index (χ4n) is 1.90. The van der Waals surface area contributed by atoms with E-state index in [2.05, 4.69) is 10.5 Å². The van der Waals surface area contributed by atoms with Crippen LogP contribution in [0, 0.1) is 20.2 Å². The molecular weight excluding hydrogens is 381 g/mol. The second-order valence-electron chi connectivity index (χ2n) is 4.82. The number of nitrogens with one attached hydrogen (secondary N) is 1. The van der Waals surface area contributed by atoms with Gasteiger partial charge in [0.25, 0.3) is 0 Å². The summed E-state index contributed by atoms with van der Waals surface area (Å²) >= 11 is 5.70. The van der Waals surface area contributed by atoms with Gasteiger partial charge < -0.3 is 0 Å². The van der Waals surface area contributed by atoms with Crippen LogP contribution >= 0.6 is 11.6 Å². The van der Waals surface area contributed by atoms with Gasteiger partial charge in [0.2, 0.25) is 5.69 Å². The second kappa shape index (κ2) is 7.35. The predicted molar refractivity (Wildman–Crippen MR) is 87.4 cm³/mol. The molecule has 1 N–H and O–H groups in total. The van der Waals surface area contributed by atoms with E-state index in [9.17, 15) is 33.4 Å². The van der Waals surface area contributed by atoms with Crippen LogP contribution in [0.1, 0.15) is 11.1 Å². The molecule has 0 aromatic heterocycles. The van der Waals surface area contributed by atoms with E-state index < -0.39 is 38.6 Å². The maximum absolute atomic E-state index is 12.8. The lowest BCUT2D eigenvalue weighted by Gasteiger charge is -2.09. The Bertz CT molecular complexity index is 850. The third-order valence-corrected chi connectivity index (χ3v) is 3.33. The third-order valence-electron chi connectivity index (χ3n) is 3.08. The summed E-state index contributed by atoms with van der Waals surface area (Å²) in [5, 5.41) is 26.2. The summed E-state index contributed by atoms with van der Waals surface area (Å²) in [6, 6.07) is 6.56. The molecule has 0 saturated carbocycles. The average Bonchev–Trinajstić information content (AvgIpc) is 2.55. The van der Waals surface area contributed by atoms with Crippen molar-refractivity contribution < 1.29 is 23.0 Å². The minimum absolute atomic E-state index is 0.202. The van der Waals surface area contributed by atoms with Gasteiger partial charge in [-0.15, -0.1) is 0 Å².